The molecule has 8 atom stereocenters. The summed E-state index contributed by atoms with van der Waals surface area (Å²) in [6.45, 7) is 1.35. The van der Waals surface area contributed by atoms with Gasteiger partial charge in [-0.1, -0.05) is 12.8 Å². The first-order valence-electron chi connectivity index (χ1n) is 12.6. The molecule has 2 aliphatic heterocycles. The van der Waals surface area contributed by atoms with Crippen LogP contribution in [0.5, 0.6) is 0 Å². The third-order valence-electron chi connectivity index (χ3n) is 7.58. The summed E-state index contributed by atoms with van der Waals surface area (Å²) in [5.74, 6) is 0.514. The molecule has 0 aromatic heterocycles. The Morgan fingerprint density at radius 2 is 1.94 bits per heavy atom. The van der Waals surface area contributed by atoms with Crippen molar-refractivity contribution in [3.05, 3.63) is 0 Å². The molecule has 2 saturated heterocycles. The van der Waals surface area contributed by atoms with E-state index in [4.69, 9.17) is 4.84 Å². The molecular formula is C22H40N6O5. The molecule has 8 unspecified atom stereocenters. The average molecular weight is 469 g/mol. The minimum atomic E-state index is -0.568. The molecule has 188 valence electrons. The molecule has 0 aromatic rings. The van der Waals surface area contributed by atoms with Gasteiger partial charge in [-0.05, 0) is 51.5 Å². The number of hydrogen-bond acceptors (Lipinski definition) is 9. The van der Waals surface area contributed by atoms with E-state index in [1.54, 1.807) is 0 Å². The fraction of sp³-hybridized carbons (Fsp3) is 0.909. The molecule has 2 aliphatic carbocycles. The molecule has 0 aromatic carbocycles. The molecule has 0 spiro atoms. The molecule has 2 heterocycles. The van der Waals surface area contributed by atoms with Crippen LogP contribution in [-0.4, -0.2) is 65.9 Å². The van der Waals surface area contributed by atoms with Crippen molar-refractivity contribution in [2.24, 2.45) is 17.8 Å². The molecule has 4 fully saturated rings. The van der Waals surface area contributed by atoms with Crippen LogP contribution in [0, 0.1) is 17.8 Å². The van der Waals surface area contributed by atoms with Gasteiger partial charge in [-0.2, -0.15) is 5.48 Å². The van der Waals surface area contributed by atoms with E-state index in [1.165, 1.54) is 6.42 Å². The highest BCUT2D eigenvalue weighted by molar-refractivity contribution is 5.79. The van der Waals surface area contributed by atoms with Crippen LogP contribution in [0.1, 0.15) is 64.2 Å². The molecule has 2 amide bonds. The van der Waals surface area contributed by atoms with Crippen LogP contribution in [0.2, 0.25) is 0 Å². The standard InChI is InChI=1S/C22H40N6O5/c29-13-6-7-16(17(30)12-13)21-25-19(33-28-21)9-8-18(31)23-10-3-11-24-20-14-4-1-2-5-15(14)22(32)27-26-20/h13-17,19-21,24-26,28-30H,1-12H2,(H,23,31)(H,27,32). The molecule has 11 nitrogen and oxygen atoms in total. The Hall–Kier alpha value is -1.34. The second kappa shape index (κ2) is 11.9. The second-order valence-electron chi connectivity index (χ2n) is 9.93. The molecule has 8 N–H and O–H groups in total. The summed E-state index contributed by atoms with van der Waals surface area (Å²) >= 11 is 0. The van der Waals surface area contributed by atoms with Crippen LogP contribution in [0.4, 0.5) is 0 Å². The second-order valence-corrected chi connectivity index (χ2v) is 9.93. The Morgan fingerprint density at radius 3 is 2.79 bits per heavy atom. The number of rotatable bonds is 9. The maximum absolute atomic E-state index is 12.2. The number of carbonyl (C=O) groups excluding carboxylic acids is 2. The van der Waals surface area contributed by atoms with Gasteiger partial charge in [0, 0.05) is 30.7 Å². The van der Waals surface area contributed by atoms with Gasteiger partial charge in [-0.3, -0.25) is 25.2 Å². The quantitative estimate of drug-likeness (QED) is 0.197. The van der Waals surface area contributed by atoms with E-state index in [1.807, 2.05) is 0 Å². The highest BCUT2D eigenvalue weighted by Gasteiger charge is 2.40. The Bertz CT molecular complexity index is 669. The van der Waals surface area contributed by atoms with Gasteiger partial charge >= 0.3 is 0 Å². The van der Waals surface area contributed by atoms with Crippen molar-refractivity contribution >= 4 is 11.8 Å². The summed E-state index contributed by atoms with van der Waals surface area (Å²) in [7, 11) is 0. The van der Waals surface area contributed by atoms with Crippen molar-refractivity contribution in [1.82, 2.24) is 32.3 Å². The number of hydrazine groups is 1. The number of fused-ring (bicyclic) bond motifs is 1. The van der Waals surface area contributed by atoms with Gasteiger partial charge in [0.2, 0.25) is 11.8 Å². The van der Waals surface area contributed by atoms with Gasteiger partial charge < -0.3 is 20.8 Å². The predicted octanol–water partition coefficient (Wildman–Crippen LogP) is -1.07. The lowest BCUT2D eigenvalue weighted by molar-refractivity contribution is -0.134. The van der Waals surface area contributed by atoms with Gasteiger partial charge in [0.1, 0.15) is 6.23 Å². The van der Waals surface area contributed by atoms with Crippen LogP contribution < -0.4 is 32.3 Å². The van der Waals surface area contributed by atoms with Crippen molar-refractivity contribution in [3.63, 3.8) is 0 Å². The molecule has 2 saturated carbocycles. The number of hydroxylamine groups is 1. The number of nitrogens with one attached hydrogen (secondary N) is 6. The van der Waals surface area contributed by atoms with E-state index < -0.39 is 12.2 Å². The highest BCUT2D eigenvalue weighted by atomic mass is 16.7. The summed E-state index contributed by atoms with van der Waals surface area (Å²) < 4.78 is 0. The summed E-state index contributed by atoms with van der Waals surface area (Å²) in [6.07, 6.45) is 6.44. The van der Waals surface area contributed by atoms with Gasteiger partial charge in [0.15, 0.2) is 0 Å². The molecular weight excluding hydrogens is 428 g/mol. The maximum Gasteiger partial charge on any atom is 0.237 e. The number of carbonyl (C=O) groups is 2. The Balaban J connectivity index is 1.06. The highest BCUT2D eigenvalue weighted by Crippen LogP contribution is 2.33. The third-order valence-corrected chi connectivity index (χ3v) is 7.58. The van der Waals surface area contributed by atoms with E-state index in [-0.39, 0.29) is 42.2 Å². The summed E-state index contributed by atoms with van der Waals surface area (Å²) in [6, 6.07) is 0. The number of aliphatic hydroxyl groups excluding tert-OH is 2. The molecule has 0 bridgehead atoms. The van der Waals surface area contributed by atoms with E-state index in [0.717, 1.165) is 38.6 Å². The lowest BCUT2D eigenvalue weighted by Crippen LogP contribution is -2.64. The normalized spacial score (nSPS) is 39.0. The van der Waals surface area contributed by atoms with Crippen molar-refractivity contribution in [3.8, 4) is 0 Å². The minimum Gasteiger partial charge on any atom is -0.393 e. The van der Waals surface area contributed by atoms with E-state index >= 15 is 0 Å². The molecule has 11 heteroatoms. The number of amides is 2. The van der Waals surface area contributed by atoms with Crippen LogP contribution in [0.15, 0.2) is 0 Å². The smallest absolute Gasteiger partial charge is 0.237 e. The fourth-order valence-electron chi connectivity index (χ4n) is 5.67. The average Bonchev–Trinajstić information content (AvgIpc) is 3.28. The zero-order chi connectivity index (χ0) is 23.2. The monoisotopic (exact) mass is 468 g/mol. The van der Waals surface area contributed by atoms with Gasteiger partial charge in [0.25, 0.3) is 0 Å². The fourth-order valence-corrected chi connectivity index (χ4v) is 5.67. The Labute approximate surface area is 195 Å². The van der Waals surface area contributed by atoms with Crippen LogP contribution in [-0.2, 0) is 14.4 Å². The maximum atomic E-state index is 12.2. The largest absolute Gasteiger partial charge is 0.393 e. The lowest BCUT2D eigenvalue weighted by Gasteiger charge is -2.41. The summed E-state index contributed by atoms with van der Waals surface area (Å²) in [4.78, 5) is 29.8. The zero-order valence-electron chi connectivity index (χ0n) is 19.2. The van der Waals surface area contributed by atoms with Crippen molar-refractivity contribution in [2.45, 2.75) is 95.0 Å². The summed E-state index contributed by atoms with van der Waals surface area (Å²) in [5.41, 5.74) is 8.83. The molecule has 0 radical (unpaired) electrons. The summed E-state index contributed by atoms with van der Waals surface area (Å²) in [5, 5.41) is 29.6. The van der Waals surface area contributed by atoms with Gasteiger partial charge in [-0.25, -0.2) is 5.43 Å². The Morgan fingerprint density at radius 1 is 1.09 bits per heavy atom. The van der Waals surface area contributed by atoms with Crippen LogP contribution in [0.3, 0.4) is 0 Å². The first kappa shape index (κ1) is 24.8. The number of aliphatic hydroxyl groups is 2. The van der Waals surface area contributed by atoms with Gasteiger partial charge in [0.05, 0.1) is 24.5 Å². The SMILES string of the molecule is O=C(CCC1NC(C2CCC(O)CC2O)NO1)NCCCNC1NNC(=O)C2CCCCC12. The van der Waals surface area contributed by atoms with Crippen LogP contribution >= 0.6 is 0 Å². The third kappa shape index (κ3) is 6.62. The molecule has 33 heavy (non-hydrogen) atoms. The predicted molar refractivity (Wildman–Crippen MR) is 120 cm³/mol. The van der Waals surface area contributed by atoms with E-state index in [2.05, 4.69) is 32.3 Å². The van der Waals surface area contributed by atoms with Crippen molar-refractivity contribution < 1.29 is 24.6 Å². The van der Waals surface area contributed by atoms with Crippen molar-refractivity contribution in [1.29, 1.82) is 0 Å². The van der Waals surface area contributed by atoms with E-state index in [9.17, 15) is 19.8 Å². The zero-order valence-corrected chi connectivity index (χ0v) is 19.2. The first-order valence-corrected chi connectivity index (χ1v) is 12.6. The van der Waals surface area contributed by atoms with Gasteiger partial charge in [-0.15, -0.1) is 0 Å². The minimum absolute atomic E-state index is 0.0138. The topological polar surface area (TPSA) is 156 Å². The van der Waals surface area contributed by atoms with Crippen LogP contribution in [0.25, 0.3) is 0 Å². The lowest BCUT2D eigenvalue weighted by atomic mass is 9.76. The molecule has 4 aliphatic rings. The van der Waals surface area contributed by atoms with E-state index in [0.29, 0.717) is 38.1 Å². The Kier molecular flexibility index (Phi) is 8.91. The van der Waals surface area contributed by atoms with Crippen molar-refractivity contribution in [2.75, 3.05) is 13.1 Å². The molecule has 4 rings (SSSR count). The number of hydrogen-bond donors (Lipinski definition) is 8. The first-order chi connectivity index (χ1) is 16.0.